The number of piperazine rings is 1. The van der Waals surface area contributed by atoms with Gasteiger partial charge in [-0.25, -0.2) is 0 Å². The fraction of sp³-hybridized carbons (Fsp3) is 0.483. The molecule has 0 bridgehead atoms. The number of likely N-dealkylation sites (tertiary alicyclic amines) is 1. The molecule has 9 heteroatoms. The third-order valence-electron chi connectivity index (χ3n) is 7.71. The first-order chi connectivity index (χ1) is 18.5. The molecule has 2 saturated heterocycles. The maximum absolute atomic E-state index is 13.8. The average molecular weight is 521 g/mol. The van der Waals surface area contributed by atoms with Crippen LogP contribution in [0, 0.1) is 5.92 Å². The Hall–Kier alpha value is -3.59. The molecule has 0 aromatic heterocycles. The third-order valence-corrected chi connectivity index (χ3v) is 7.71. The molecule has 0 radical (unpaired) electrons. The van der Waals surface area contributed by atoms with Crippen LogP contribution in [0.2, 0.25) is 0 Å². The lowest BCUT2D eigenvalue weighted by Crippen LogP contribution is -2.53. The number of hydrogen-bond acceptors (Lipinski definition) is 6. The van der Waals surface area contributed by atoms with E-state index in [0.29, 0.717) is 43.9 Å². The predicted molar refractivity (Wildman–Crippen MR) is 142 cm³/mol. The number of rotatable bonds is 8. The van der Waals surface area contributed by atoms with E-state index >= 15 is 0 Å². The average Bonchev–Trinajstić information content (AvgIpc) is 3.74. The number of benzene rings is 2. The predicted octanol–water partition coefficient (Wildman–Crippen LogP) is 2.16. The van der Waals surface area contributed by atoms with Gasteiger partial charge in [0.15, 0.2) is 0 Å². The molecule has 0 spiro atoms. The molecule has 202 valence electrons. The maximum atomic E-state index is 13.8. The van der Waals surface area contributed by atoms with Crippen molar-refractivity contribution < 1.29 is 23.9 Å². The van der Waals surface area contributed by atoms with Crippen LogP contribution in [0.3, 0.4) is 0 Å². The van der Waals surface area contributed by atoms with Gasteiger partial charge in [-0.3, -0.25) is 14.4 Å². The first-order valence-corrected chi connectivity index (χ1v) is 13.4. The van der Waals surface area contributed by atoms with Gasteiger partial charge in [0, 0.05) is 50.7 Å². The number of nitrogens with one attached hydrogen (secondary N) is 1. The number of methoxy groups -OCH3 is 2. The first kappa shape index (κ1) is 26.0. The number of nitrogens with zero attached hydrogens (tertiary/aromatic N) is 3. The fourth-order valence-corrected chi connectivity index (χ4v) is 5.44. The summed E-state index contributed by atoms with van der Waals surface area (Å²) in [7, 11) is 3.18. The Morgan fingerprint density at radius 2 is 1.66 bits per heavy atom. The first-order valence-electron chi connectivity index (χ1n) is 13.4. The summed E-state index contributed by atoms with van der Waals surface area (Å²) in [5.74, 6) is 1.16. The Balaban J connectivity index is 1.44. The normalized spacial score (nSPS) is 21.2. The molecule has 3 aliphatic rings. The molecule has 2 atom stereocenters. The van der Waals surface area contributed by atoms with E-state index in [0.717, 1.165) is 37.2 Å². The molecule has 2 heterocycles. The Morgan fingerprint density at radius 1 is 0.974 bits per heavy atom. The van der Waals surface area contributed by atoms with Gasteiger partial charge in [-0.1, -0.05) is 18.2 Å². The highest BCUT2D eigenvalue weighted by Crippen LogP contribution is 2.35. The molecule has 3 amide bonds. The third kappa shape index (κ3) is 5.62. The van der Waals surface area contributed by atoms with E-state index in [4.69, 9.17) is 9.47 Å². The van der Waals surface area contributed by atoms with E-state index < -0.39 is 6.04 Å². The van der Waals surface area contributed by atoms with E-state index in [1.54, 1.807) is 43.4 Å². The van der Waals surface area contributed by atoms with Crippen LogP contribution in [0.1, 0.15) is 35.2 Å². The summed E-state index contributed by atoms with van der Waals surface area (Å²) < 4.78 is 10.7. The number of carbonyl (C=O) groups is 3. The monoisotopic (exact) mass is 520 g/mol. The van der Waals surface area contributed by atoms with E-state index in [1.165, 1.54) is 0 Å². The fourth-order valence-electron chi connectivity index (χ4n) is 5.44. The molecule has 2 aromatic carbocycles. The lowest BCUT2D eigenvalue weighted by molar-refractivity contribution is -0.137. The largest absolute Gasteiger partial charge is 0.497 e. The topological polar surface area (TPSA) is 91.4 Å². The van der Waals surface area contributed by atoms with E-state index in [-0.39, 0.29) is 29.7 Å². The van der Waals surface area contributed by atoms with Crippen LogP contribution < -0.4 is 14.8 Å². The molecule has 2 aromatic rings. The minimum absolute atomic E-state index is 0.0195. The molecule has 9 nitrogen and oxygen atoms in total. The van der Waals surface area contributed by atoms with Crippen molar-refractivity contribution in [3.05, 3.63) is 59.7 Å². The van der Waals surface area contributed by atoms with Crippen molar-refractivity contribution in [2.75, 3.05) is 46.9 Å². The van der Waals surface area contributed by atoms with Crippen LogP contribution in [0.15, 0.2) is 48.5 Å². The van der Waals surface area contributed by atoms with Gasteiger partial charge in [-0.15, -0.1) is 0 Å². The number of amides is 3. The van der Waals surface area contributed by atoms with Gasteiger partial charge in [-0.05, 0) is 55.2 Å². The zero-order valence-corrected chi connectivity index (χ0v) is 22.1. The van der Waals surface area contributed by atoms with Crippen LogP contribution >= 0.6 is 0 Å². The van der Waals surface area contributed by atoms with Gasteiger partial charge in [0.1, 0.15) is 17.5 Å². The Bertz CT molecular complexity index is 1180. The highest BCUT2D eigenvalue weighted by molar-refractivity contribution is 5.98. The van der Waals surface area contributed by atoms with Crippen molar-refractivity contribution in [2.24, 2.45) is 5.92 Å². The Morgan fingerprint density at radius 3 is 2.34 bits per heavy atom. The quantitative estimate of drug-likeness (QED) is 0.574. The number of carbonyl (C=O) groups excluding carboxylic acids is 3. The van der Waals surface area contributed by atoms with Crippen molar-refractivity contribution in [3.63, 3.8) is 0 Å². The van der Waals surface area contributed by atoms with Gasteiger partial charge in [0.2, 0.25) is 11.8 Å². The zero-order valence-electron chi connectivity index (χ0n) is 22.1. The van der Waals surface area contributed by atoms with Crippen molar-refractivity contribution >= 4 is 17.7 Å². The molecule has 3 fully saturated rings. The van der Waals surface area contributed by atoms with Crippen LogP contribution in [0.25, 0.3) is 0 Å². The summed E-state index contributed by atoms with van der Waals surface area (Å²) in [6, 6.07) is 13.8. The molecular formula is C29H36N4O5. The van der Waals surface area contributed by atoms with Gasteiger partial charge in [0.25, 0.3) is 5.91 Å². The number of hydrogen-bond donors (Lipinski definition) is 1. The molecule has 5 rings (SSSR count). The minimum atomic E-state index is -0.628. The highest BCUT2D eigenvalue weighted by atomic mass is 16.5. The second-order valence-electron chi connectivity index (χ2n) is 10.3. The Kier molecular flexibility index (Phi) is 7.83. The lowest BCUT2D eigenvalue weighted by atomic mass is 10.1. The van der Waals surface area contributed by atoms with Crippen molar-refractivity contribution in [1.82, 2.24) is 20.0 Å². The SMILES string of the molecule is COc1cccc(CN(C(=O)C2CC2)C2CC(C(=O)N3CCNCC3)N(C(=O)c3cccc(OC)c3)C2)c1. The Labute approximate surface area is 223 Å². The van der Waals surface area contributed by atoms with Crippen LogP contribution in [-0.2, 0) is 16.1 Å². The molecule has 2 unspecified atom stereocenters. The van der Waals surface area contributed by atoms with Gasteiger partial charge >= 0.3 is 0 Å². The second kappa shape index (κ2) is 11.4. The minimum Gasteiger partial charge on any atom is -0.497 e. The van der Waals surface area contributed by atoms with Crippen LogP contribution in [0.4, 0.5) is 0 Å². The summed E-state index contributed by atoms with van der Waals surface area (Å²) in [5, 5.41) is 3.28. The standard InChI is InChI=1S/C29H36N4O5/c1-37-24-7-3-5-20(15-24)18-32(27(34)21-9-10-21)23-17-26(29(36)31-13-11-30-12-14-31)33(19-23)28(35)22-6-4-8-25(16-22)38-2/h3-8,15-16,21,23,26,30H,9-14,17-19H2,1-2H3. The van der Waals surface area contributed by atoms with Gasteiger partial charge < -0.3 is 29.5 Å². The summed E-state index contributed by atoms with van der Waals surface area (Å²) in [5.41, 5.74) is 1.43. The molecule has 1 aliphatic carbocycles. The highest BCUT2D eigenvalue weighted by Gasteiger charge is 2.46. The lowest BCUT2D eigenvalue weighted by Gasteiger charge is -2.32. The zero-order chi connectivity index (χ0) is 26.6. The van der Waals surface area contributed by atoms with Crippen molar-refractivity contribution in [3.8, 4) is 11.5 Å². The molecule has 1 saturated carbocycles. The molecule has 38 heavy (non-hydrogen) atoms. The van der Waals surface area contributed by atoms with Gasteiger partial charge in [-0.2, -0.15) is 0 Å². The van der Waals surface area contributed by atoms with E-state index in [9.17, 15) is 14.4 Å². The summed E-state index contributed by atoms with van der Waals surface area (Å²) >= 11 is 0. The van der Waals surface area contributed by atoms with Crippen molar-refractivity contribution in [2.45, 2.75) is 37.9 Å². The molecule has 1 N–H and O–H groups in total. The maximum Gasteiger partial charge on any atom is 0.254 e. The molecule has 2 aliphatic heterocycles. The van der Waals surface area contributed by atoms with Gasteiger partial charge in [0.05, 0.1) is 20.3 Å². The number of ether oxygens (including phenoxy) is 2. The summed E-state index contributed by atoms with van der Waals surface area (Å²) in [6.07, 6.45) is 2.19. The van der Waals surface area contributed by atoms with Crippen molar-refractivity contribution in [1.29, 1.82) is 0 Å². The van der Waals surface area contributed by atoms with Crippen LogP contribution in [0.5, 0.6) is 11.5 Å². The smallest absolute Gasteiger partial charge is 0.254 e. The molecular weight excluding hydrogens is 484 g/mol. The summed E-state index contributed by atoms with van der Waals surface area (Å²) in [6.45, 7) is 3.39. The van der Waals surface area contributed by atoms with E-state index in [1.807, 2.05) is 34.1 Å². The van der Waals surface area contributed by atoms with Crippen LogP contribution in [-0.4, -0.2) is 91.4 Å². The summed E-state index contributed by atoms with van der Waals surface area (Å²) in [4.78, 5) is 46.5. The van der Waals surface area contributed by atoms with E-state index in [2.05, 4.69) is 5.32 Å². The second-order valence-corrected chi connectivity index (χ2v) is 10.3.